The van der Waals surface area contributed by atoms with Gasteiger partial charge in [0.25, 0.3) is 5.91 Å². The molecule has 0 fully saturated rings. The van der Waals surface area contributed by atoms with E-state index in [-0.39, 0.29) is 11.7 Å². The SMILES string of the molecule is COc1ccccc1NC(=O)[C@@H](C)Oc1ccc(F)cc1. The van der Waals surface area contributed by atoms with Crippen LogP contribution in [0.1, 0.15) is 6.92 Å². The fraction of sp³-hybridized carbons (Fsp3) is 0.188. The molecule has 0 saturated carbocycles. The number of anilines is 1. The Morgan fingerprint density at radius 1 is 1.14 bits per heavy atom. The second-order valence-electron chi connectivity index (χ2n) is 4.40. The fourth-order valence-electron chi connectivity index (χ4n) is 1.75. The molecule has 0 heterocycles. The maximum atomic E-state index is 12.8. The van der Waals surface area contributed by atoms with E-state index < -0.39 is 6.10 Å². The zero-order valence-corrected chi connectivity index (χ0v) is 11.8. The van der Waals surface area contributed by atoms with Gasteiger partial charge in [0.2, 0.25) is 0 Å². The number of hydrogen-bond acceptors (Lipinski definition) is 3. The Labute approximate surface area is 122 Å². The minimum absolute atomic E-state index is 0.316. The smallest absolute Gasteiger partial charge is 0.265 e. The van der Waals surface area contributed by atoms with E-state index in [0.717, 1.165) is 0 Å². The number of methoxy groups -OCH3 is 1. The fourth-order valence-corrected chi connectivity index (χ4v) is 1.75. The third-order valence-electron chi connectivity index (χ3n) is 2.86. The molecule has 0 aliphatic carbocycles. The highest BCUT2D eigenvalue weighted by molar-refractivity contribution is 5.95. The van der Waals surface area contributed by atoms with Crippen molar-refractivity contribution in [1.82, 2.24) is 0 Å². The van der Waals surface area contributed by atoms with E-state index in [1.54, 1.807) is 25.1 Å². The predicted molar refractivity (Wildman–Crippen MR) is 78.1 cm³/mol. The van der Waals surface area contributed by atoms with Crippen LogP contribution in [-0.4, -0.2) is 19.1 Å². The van der Waals surface area contributed by atoms with Crippen molar-refractivity contribution in [2.45, 2.75) is 13.0 Å². The lowest BCUT2D eigenvalue weighted by Gasteiger charge is -2.16. The quantitative estimate of drug-likeness (QED) is 0.919. The number of para-hydroxylation sites is 2. The van der Waals surface area contributed by atoms with Gasteiger partial charge in [-0.15, -0.1) is 0 Å². The average Bonchev–Trinajstić information content (AvgIpc) is 2.50. The van der Waals surface area contributed by atoms with Gasteiger partial charge in [0.1, 0.15) is 17.3 Å². The topological polar surface area (TPSA) is 47.6 Å². The first-order valence-corrected chi connectivity index (χ1v) is 6.46. The molecule has 1 atom stereocenters. The number of hydrogen-bond donors (Lipinski definition) is 1. The Balaban J connectivity index is 2.01. The minimum Gasteiger partial charge on any atom is -0.495 e. The Morgan fingerprint density at radius 3 is 2.48 bits per heavy atom. The van der Waals surface area contributed by atoms with Crippen LogP contribution in [-0.2, 0) is 4.79 Å². The van der Waals surface area contributed by atoms with Crippen molar-refractivity contribution in [2.24, 2.45) is 0 Å². The summed E-state index contributed by atoms with van der Waals surface area (Å²) in [5, 5.41) is 2.73. The standard InChI is InChI=1S/C16H16FNO3/c1-11(21-13-9-7-12(17)8-10-13)16(19)18-14-5-3-4-6-15(14)20-2/h3-11H,1-2H3,(H,18,19)/t11-/m1/s1. The number of carbonyl (C=O) groups is 1. The maximum Gasteiger partial charge on any atom is 0.265 e. The molecule has 0 radical (unpaired) electrons. The van der Waals surface area contributed by atoms with E-state index >= 15 is 0 Å². The summed E-state index contributed by atoms with van der Waals surface area (Å²) >= 11 is 0. The molecule has 4 nitrogen and oxygen atoms in total. The van der Waals surface area contributed by atoms with Crippen molar-refractivity contribution in [3.05, 3.63) is 54.3 Å². The second-order valence-corrected chi connectivity index (χ2v) is 4.40. The monoisotopic (exact) mass is 289 g/mol. The van der Waals surface area contributed by atoms with E-state index in [0.29, 0.717) is 17.2 Å². The summed E-state index contributed by atoms with van der Waals surface area (Å²) in [7, 11) is 1.53. The third kappa shape index (κ3) is 3.95. The Bertz CT molecular complexity index is 613. The minimum atomic E-state index is -0.722. The molecule has 0 aromatic heterocycles. The van der Waals surface area contributed by atoms with E-state index in [9.17, 15) is 9.18 Å². The summed E-state index contributed by atoms with van der Waals surface area (Å²) in [6, 6.07) is 12.6. The van der Waals surface area contributed by atoms with Gasteiger partial charge in [-0.2, -0.15) is 0 Å². The maximum absolute atomic E-state index is 12.8. The molecule has 1 N–H and O–H groups in total. The van der Waals surface area contributed by atoms with Crippen LogP contribution < -0.4 is 14.8 Å². The van der Waals surface area contributed by atoms with Crippen LogP contribution in [0, 0.1) is 5.82 Å². The van der Waals surface area contributed by atoms with Crippen LogP contribution in [0.2, 0.25) is 0 Å². The van der Waals surface area contributed by atoms with Gasteiger partial charge >= 0.3 is 0 Å². The van der Waals surface area contributed by atoms with Crippen LogP contribution in [0.4, 0.5) is 10.1 Å². The normalized spacial score (nSPS) is 11.6. The molecule has 21 heavy (non-hydrogen) atoms. The zero-order chi connectivity index (χ0) is 15.2. The Morgan fingerprint density at radius 2 is 1.81 bits per heavy atom. The largest absolute Gasteiger partial charge is 0.495 e. The number of benzene rings is 2. The van der Waals surface area contributed by atoms with Gasteiger partial charge in [0.05, 0.1) is 12.8 Å². The number of halogens is 1. The summed E-state index contributed by atoms with van der Waals surface area (Å²) in [5.74, 6) is 0.330. The van der Waals surface area contributed by atoms with Crippen molar-refractivity contribution in [2.75, 3.05) is 12.4 Å². The van der Waals surface area contributed by atoms with Gasteiger partial charge in [0, 0.05) is 0 Å². The lowest BCUT2D eigenvalue weighted by molar-refractivity contribution is -0.122. The first kappa shape index (κ1) is 14.8. The van der Waals surface area contributed by atoms with Crippen molar-refractivity contribution in [3.63, 3.8) is 0 Å². The Kier molecular flexibility index (Phi) is 4.77. The molecule has 2 rings (SSSR count). The van der Waals surface area contributed by atoms with Gasteiger partial charge in [-0.3, -0.25) is 4.79 Å². The first-order valence-electron chi connectivity index (χ1n) is 6.46. The lowest BCUT2D eigenvalue weighted by atomic mass is 10.2. The summed E-state index contributed by atoms with van der Waals surface area (Å²) in [5.41, 5.74) is 0.569. The number of rotatable bonds is 5. The highest BCUT2D eigenvalue weighted by atomic mass is 19.1. The van der Waals surface area contributed by atoms with Gasteiger partial charge < -0.3 is 14.8 Å². The number of amides is 1. The number of ether oxygens (including phenoxy) is 2. The molecule has 0 unspecified atom stereocenters. The average molecular weight is 289 g/mol. The molecular weight excluding hydrogens is 273 g/mol. The van der Waals surface area contributed by atoms with Crippen LogP contribution >= 0.6 is 0 Å². The van der Waals surface area contributed by atoms with Gasteiger partial charge in [-0.05, 0) is 43.3 Å². The van der Waals surface area contributed by atoms with E-state index in [4.69, 9.17) is 9.47 Å². The van der Waals surface area contributed by atoms with E-state index in [1.807, 2.05) is 6.07 Å². The van der Waals surface area contributed by atoms with Gasteiger partial charge in [0.15, 0.2) is 6.10 Å². The van der Waals surface area contributed by atoms with Crippen molar-refractivity contribution < 1.29 is 18.7 Å². The molecule has 110 valence electrons. The number of nitrogens with one attached hydrogen (secondary N) is 1. The van der Waals surface area contributed by atoms with Crippen molar-refractivity contribution >= 4 is 11.6 Å². The Hall–Kier alpha value is -2.56. The van der Waals surface area contributed by atoms with Crippen molar-refractivity contribution in [3.8, 4) is 11.5 Å². The number of carbonyl (C=O) groups excluding carboxylic acids is 1. The predicted octanol–water partition coefficient (Wildman–Crippen LogP) is 3.24. The molecule has 0 bridgehead atoms. The molecule has 2 aromatic carbocycles. The second kappa shape index (κ2) is 6.74. The molecular formula is C16H16FNO3. The van der Waals surface area contributed by atoms with Crippen molar-refractivity contribution in [1.29, 1.82) is 0 Å². The molecule has 0 aliphatic heterocycles. The highest BCUT2D eigenvalue weighted by Gasteiger charge is 2.16. The molecule has 2 aromatic rings. The molecule has 0 aliphatic rings. The van der Waals surface area contributed by atoms with Crippen LogP contribution in [0.25, 0.3) is 0 Å². The van der Waals surface area contributed by atoms with Gasteiger partial charge in [-0.1, -0.05) is 12.1 Å². The van der Waals surface area contributed by atoms with Crippen LogP contribution in [0.3, 0.4) is 0 Å². The molecule has 0 saturated heterocycles. The first-order chi connectivity index (χ1) is 10.1. The summed E-state index contributed by atoms with van der Waals surface area (Å²) < 4.78 is 23.4. The highest BCUT2D eigenvalue weighted by Crippen LogP contribution is 2.23. The van der Waals surface area contributed by atoms with Crippen LogP contribution in [0.5, 0.6) is 11.5 Å². The van der Waals surface area contributed by atoms with E-state index in [1.165, 1.54) is 31.4 Å². The van der Waals surface area contributed by atoms with Gasteiger partial charge in [-0.25, -0.2) is 4.39 Å². The summed E-state index contributed by atoms with van der Waals surface area (Å²) in [6.07, 6.45) is -0.722. The molecule has 1 amide bonds. The lowest BCUT2D eigenvalue weighted by Crippen LogP contribution is -2.30. The third-order valence-corrected chi connectivity index (χ3v) is 2.86. The molecule has 0 spiro atoms. The summed E-state index contributed by atoms with van der Waals surface area (Å²) in [6.45, 7) is 1.62. The van der Waals surface area contributed by atoms with Crippen LogP contribution in [0.15, 0.2) is 48.5 Å². The zero-order valence-electron chi connectivity index (χ0n) is 11.8. The van der Waals surface area contributed by atoms with E-state index in [2.05, 4.69) is 5.32 Å². The molecule has 5 heteroatoms. The summed E-state index contributed by atoms with van der Waals surface area (Å²) in [4.78, 5) is 12.1.